The van der Waals surface area contributed by atoms with E-state index in [1.54, 1.807) is 0 Å². The van der Waals surface area contributed by atoms with E-state index in [0.29, 0.717) is 17.6 Å². The number of rotatable bonds is 8. The Morgan fingerprint density at radius 3 is 2.32 bits per heavy atom. The van der Waals surface area contributed by atoms with Crippen molar-refractivity contribution in [1.29, 1.82) is 0 Å². The van der Waals surface area contributed by atoms with Gasteiger partial charge in [-0.25, -0.2) is 13.2 Å². The maximum Gasteiger partial charge on any atom is 0.338 e. The summed E-state index contributed by atoms with van der Waals surface area (Å²) in [4.78, 5) is 29.8. The molecule has 140 valence electrons. The second-order valence-corrected chi connectivity index (χ2v) is 7.20. The van der Waals surface area contributed by atoms with Gasteiger partial charge in [0.25, 0.3) is 15.9 Å². The van der Waals surface area contributed by atoms with Crippen LogP contribution in [0.5, 0.6) is 0 Å². The van der Waals surface area contributed by atoms with Crippen molar-refractivity contribution >= 4 is 33.5 Å². The Bertz CT molecular complexity index is 734. The summed E-state index contributed by atoms with van der Waals surface area (Å²) in [5.41, 5.74) is -0.0418. The summed E-state index contributed by atoms with van der Waals surface area (Å²) in [6.45, 7) is 4.19. The number of hydrogen-bond acceptors (Lipinski definition) is 6. The van der Waals surface area contributed by atoms with Crippen LogP contribution in [-0.2, 0) is 24.4 Å². The van der Waals surface area contributed by atoms with Crippen molar-refractivity contribution in [2.45, 2.75) is 18.7 Å². The van der Waals surface area contributed by atoms with Crippen LogP contribution in [0.2, 0.25) is 5.02 Å². The van der Waals surface area contributed by atoms with Gasteiger partial charge in [0.05, 0.1) is 17.7 Å². The number of benzene rings is 1. The highest BCUT2D eigenvalue weighted by Gasteiger charge is 2.25. The molecule has 0 aliphatic heterocycles. The Morgan fingerprint density at radius 2 is 1.80 bits per heavy atom. The Hall–Kier alpha value is -1.68. The molecule has 1 aromatic carbocycles. The molecule has 0 aliphatic rings. The minimum absolute atomic E-state index is 0.0418. The number of hydroxylamine groups is 1. The van der Waals surface area contributed by atoms with Gasteiger partial charge in [-0.15, -0.1) is 0 Å². The molecule has 8 nitrogen and oxygen atoms in total. The number of likely N-dealkylation sites (N-methyl/N-ethyl adjacent to an activating group) is 1. The van der Waals surface area contributed by atoms with E-state index in [1.165, 1.54) is 31.2 Å². The summed E-state index contributed by atoms with van der Waals surface area (Å²) < 4.78 is 30.2. The lowest BCUT2D eigenvalue weighted by molar-refractivity contribution is -0.134. The zero-order valence-corrected chi connectivity index (χ0v) is 16.1. The number of sulfonamides is 1. The summed E-state index contributed by atoms with van der Waals surface area (Å²) in [7, 11) is -1.66. The molecular weight excluding hydrogens is 372 g/mol. The number of carbonyl (C=O) groups excluding carboxylic acids is 2. The molecule has 0 heterocycles. The van der Waals surface area contributed by atoms with Crippen LogP contribution in [-0.4, -0.2) is 63.5 Å². The van der Waals surface area contributed by atoms with Crippen molar-refractivity contribution in [3.05, 3.63) is 28.8 Å². The van der Waals surface area contributed by atoms with Gasteiger partial charge in [0, 0.05) is 20.1 Å². The van der Waals surface area contributed by atoms with Gasteiger partial charge >= 0.3 is 5.97 Å². The van der Waals surface area contributed by atoms with E-state index in [4.69, 9.17) is 16.3 Å². The number of nitrogens with zero attached hydrogens (tertiary/aromatic N) is 2. The maximum absolute atomic E-state index is 12.3. The molecule has 0 spiro atoms. The topological polar surface area (TPSA) is 93.2 Å². The van der Waals surface area contributed by atoms with Crippen LogP contribution in [0.25, 0.3) is 0 Å². The SMILES string of the molecule is CCN(CC)C(=O)COC(=O)c1ccc(Cl)c(S(=O)(=O)N(C)OC)c1. The van der Waals surface area contributed by atoms with Gasteiger partial charge in [-0.2, -0.15) is 0 Å². The van der Waals surface area contributed by atoms with Crippen molar-refractivity contribution in [3.8, 4) is 0 Å². The van der Waals surface area contributed by atoms with Crippen LogP contribution in [0, 0.1) is 0 Å². The fourth-order valence-electron chi connectivity index (χ4n) is 1.94. The van der Waals surface area contributed by atoms with Crippen molar-refractivity contribution < 1.29 is 27.6 Å². The standard InChI is InChI=1S/C15H21ClN2O6S/c1-5-18(6-2)14(19)10-24-15(20)11-7-8-12(16)13(9-11)25(21,22)17(3)23-4/h7-9H,5-6,10H2,1-4H3. The molecule has 0 aliphatic carbocycles. The first-order chi connectivity index (χ1) is 11.7. The molecule has 25 heavy (non-hydrogen) atoms. The molecule has 1 rings (SSSR count). The van der Waals surface area contributed by atoms with E-state index in [1.807, 2.05) is 13.8 Å². The van der Waals surface area contributed by atoms with Crippen LogP contribution in [0.1, 0.15) is 24.2 Å². The average Bonchev–Trinajstić information content (AvgIpc) is 2.60. The zero-order chi connectivity index (χ0) is 19.2. The van der Waals surface area contributed by atoms with E-state index >= 15 is 0 Å². The first-order valence-electron chi connectivity index (χ1n) is 7.46. The number of carbonyl (C=O) groups is 2. The second-order valence-electron chi connectivity index (χ2n) is 4.88. The molecule has 1 amide bonds. The van der Waals surface area contributed by atoms with E-state index < -0.39 is 22.6 Å². The second kappa shape index (κ2) is 9.14. The Morgan fingerprint density at radius 1 is 1.20 bits per heavy atom. The van der Waals surface area contributed by atoms with Gasteiger partial charge in [0.1, 0.15) is 4.90 Å². The van der Waals surface area contributed by atoms with Gasteiger partial charge in [-0.3, -0.25) is 9.63 Å². The van der Waals surface area contributed by atoms with Gasteiger partial charge in [-0.05, 0) is 32.0 Å². The zero-order valence-electron chi connectivity index (χ0n) is 14.5. The van der Waals surface area contributed by atoms with Crippen LogP contribution < -0.4 is 0 Å². The highest BCUT2D eigenvalue weighted by molar-refractivity contribution is 7.89. The summed E-state index contributed by atoms with van der Waals surface area (Å²) in [5.74, 6) is -1.16. The molecule has 0 bridgehead atoms. The first-order valence-corrected chi connectivity index (χ1v) is 9.28. The highest BCUT2D eigenvalue weighted by atomic mass is 35.5. The predicted octanol–water partition coefficient (Wildman–Crippen LogP) is 1.55. The monoisotopic (exact) mass is 392 g/mol. The minimum atomic E-state index is -4.03. The average molecular weight is 393 g/mol. The van der Waals surface area contributed by atoms with Crippen LogP contribution >= 0.6 is 11.6 Å². The summed E-state index contributed by atoms with van der Waals surface area (Å²) >= 11 is 5.92. The van der Waals surface area contributed by atoms with Crippen molar-refractivity contribution in [1.82, 2.24) is 9.37 Å². The van der Waals surface area contributed by atoms with E-state index in [2.05, 4.69) is 4.84 Å². The lowest BCUT2D eigenvalue weighted by atomic mass is 10.2. The van der Waals surface area contributed by atoms with Crippen LogP contribution in [0.15, 0.2) is 23.1 Å². The van der Waals surface area contributed by atoms with E-state index in [-0.39, 0.29) is 21.4 Å². The molecule has 0 atom stereocenters. The molecule has 0 N–H and O–H groups in total. The summed E-state index contributed by atoms with van der Waals surface area (Å²) in [5, 5.41) is -0.0698. The largest absolute Gasteiger partial charge is 0.452 e. The molecule has 0 unspecified atom stereocenters. The van der Waals surface area contributed by atoms with Crippen molar-refractivity contribution in [3.63, 3.8) is 0 Å². The van der Waals surface area contributed by atoms with Gasteiger partial charge in [-0.1, -0.05) is 16.1 Å². The predicted molar refractivity (Wildman–Crippen MR) is 91.6 cm³/mol. The van der Waals surface area contributed by atoms with Gasteiger partial charge < -0.3 is 9.64 Å². The van der Waals surface area contributed by atoms with E-state index in [0.717, 1.165) is 6.07 Å². The molecular formula is C15H21ClN2O6S. The summed E-state index contributed by atoms with van der Waals surface area (Å²) in [6.07, 6.45) is 0. The molecule has 0 saturated heterocycles. The normalized spacial score (nSPS) is 11.4. The number of amides is 1. The number of ether oxygens (including phenoxy) is 1. The third-order valence-electron chi connectivity index (χ3n) is 3.48. The number of esters is 1. The molecule has 0 aromatic heterocycles. The molecule has 10 heteroatoms. The number of hydrogen-bond donors (Lipinski definition) is 0. The number of halogens is 1. The third kappa shape index (κ3) is 5.15. The summed E-state index contributed by atoms with van der Waals surface area (Å²) in [6, 6.07) is 3.66. The molecule has 0 saturated carbocycles. The first kappa shape index (κ1) is 21.4. The lowest BCUT2D eigenvalue weighted by Crippen LogP contribution is -2.34. The van der Waals surface area contributed by atoms with E-state index in [9.17, 15) is 18.0 Å². The van der Waals surface area contributed by atoms with Crippen LogP contribution in [0.3, 0.4) is 0 Å². The fourth-order valence-corrected chi connectivity index (χ4v) is 3.42. The van der Waals surface area contributed by atoms with Crippen LogP contribution in [0.4, 0.5) is 0 Å². The van der Waals surface area contributed by atoms with Gasteiger partial charge in [0.15, 0.2) is 6.61 Å². The molecule has 0 radical (unpaired) electrons. The molecule has 1 aromatic rings. The third-order valence-corrected chi connectivity index (χ3v) is 5.64. The Labute approximate surface area is 152 Å². The van der Waals surface area contributed by atoms with Crippen molar-refractivity contribution in [2.24, 2.45) is 0 Å². The lowest BCUT2D eigenvalue weighted by Gasteiger charge is -2.18. The Kier molecular flexibility index (Phi) is 7.81. The Balaban J connectivity index is 2.99. The minimum Gasteiger partial charge on any atom is -0.452 e. The highest BCUT2D eigenvalue weighted by Crippen LogP contribution is 2.25. The molecule has 0 fully saturated rings. The maximum atomic E-state index is 12.3. The smallest absolute Gasteiger partial charge is 0.338 e. The quantitative estimate of drug-likeness (QED) is 0.492. The van der Waals surface area contributed by atoms with Crippen molar-refractivity contribution in [2.75, 3.05) is 33.9 Å². The fraction of sp³-hybridized carbons (Fsp3) is 0.467. The van der Waals surface area contributed by atoms with Gasteiger partial charge in [0.2, 0.25) is 0 Å².